The maximum Gasteiger partial charge on any atom is 0.296 e. The average Bonchev–Trinajstić information content (AvgIpc) is 2.71. The molecule has 0 unspecified atom stereocenters. The predicted octanol–water partition coefficient (Wildman–Crippen LogP) is 1.40. The van der Waals surface area contributed by atoms with Gasteiger partial charge in [-0.2, -0.15) is 4.99 Å². The number of nitrogens with zero attached hydrogens (tertiary/aromatic N) is 1. The van der Waals surface area contributed by atoms with E-state index in [2.05, 4.69) is 15.3 Å². The van der Waals surface area contributed by atoms with E-state index in [4.69, 9.17) is 5.73 Å². The Morgan fingerprint density at radius 3 is 2.83 bits per heavy atom. The first kappa shape index (κ1) is 14.0. The van der Waals surface area contributed by atoms with Gasteiger partial charge in [0, 0.05) is 18.0 Å². The molecule has 0 radical (unpaired) electrons. The molecule has 0 bridgehead atoms. The molecule has 1 aromatic carbocycles. The summed E-state index contributed by atoms with van der Waals surface area (Å²) >= 11 is 0. The quantitative estimate of drug-likeness (QED) is 0.541. The van der Waals surface area contributed by atoms with Crippen molar-refractivity contribution in [3.8, 4) is 0 Å². The molecule has 2 rings (SSSR count). The number of guanidine groups is 1. The Hall–Kier alpha value is -2.08. The molecule has 7 heteroatoms. The molecule has 0 saturated carbocycles. The number of fused-ring (bicyclic) bond motifs is 1. The highest BCUT2D eigenvalue weighted by Crippen LogP contribution is 2.17. The van der Waals surface area contributed by atoms with E-state index in [1.54, 1.807) is 13.1 Å². The summed E-state index contributed by atoms with van der Waals surface area (Å²) < 4.78 is 13.0. The van der Waals surface area contributed by atoms with Crippen LogP contribution >= 0.6 is 12.4 Å². The van der Waals surface area contributed by atoms with Gasteiger partial charge in [-0.1, -0.05) is 0 Å². The Kier molecular flexibility index (Phi) is 4.28. The molecular formula is C11H12ClFN4O. The van der Waals surface area contributed by atoms with Crippen molar-refractivity contribution in [2.75, 3.05) is 7.05 Å². The Morgan fingerprint density at radius 2 is 2.17 bits per heavy atom. The second-order valence-electron chi connectivity index (χ2n) is 3.47. The molecule has 0 atom stereocenters. The minimum Gasteiger partial charge on any atom is -0.370 e. The number of hydrogen-bond donors (Lipinski definition) is 3. The van der Waals surface area contributed by atoms with Crippen LogP contribution in [0.4, 0.5) is 4.39 Å². The molecule has 4 N–H and O–H groups in total. The second kappa shape index (κ2) is 5.50. The maximum absolute atomic E-state index is 13.0. The number of rotatable bonds is 1. The van der Waals surface area contributed by atoms with Gasteiger partial charge < -0.3 is 16.0 Å². The van der Waals surface area contributed by atoms with E-state index in [1.807, 2.05) is 0 Å². The molecule has 1 amide bonds. The predicted molar refractivity (Wildman–Crippen MR) is 70.5 cm³/mol. The van der Waals surface area contributed by atoms with Crippen LogP contribution in [0, 0.1) is 5.82 Å². The van der Waals surface area contributed by atoms with Gasteiger partial charge in [-0.3, -0.25) is 4.79 Å². The number of aromatic amines is 1. The third-order valence-corrected chi connectivity index (χ3v) is 2.29. The number of benzene rings is 1. The molecule has 1 aromatic heterocycles. The zero-order valence-corrected chi connectivity index (χ0v) is 10.3. The summed E-state index contributed by atoms with van der Waals surface area (Å²) in [7, 11) is 1.56. The minimum atomic E-state index is -0.506. The standard InChI is InChI=1S/C11H11FN4O.ClH/c1-14-11(13)16-10(17)9-5-6-4-7(12)2-3-8(6)15-9;/h2-5,15H,1H3,(H3,13,14,16,17);1H. The van der Waals surface area contributed by atoms with Crippen LogP contribution in [-0.4, -0.2) is 23.9 Å². The summed E-state index contributed by atoms with van der Waals surface area (Å²) in [6.07, 6.45) is 0. The first-order valence-corrected chi connectivity index (χ1v) is 4.94. The lowest BCUT2D eigenvalue weighted by Crippen LogP contribution is -2.28. The second-order valence-corrected chi connectivity index (χ2v) is 3.47. The first-order chi connectivity index (χ1) is 8.10. The molecule has 0 aliphatic rings. The van der Waals surface area contributed by atoms with Gasteiger partial charge in [0.05, 0.1) is 0 Å². The number of halogens is 2. The van der Waals surface area contributed by atoms with Gasteiger partial charge >= 0.3 is 0 Å². The molecule has 0 saturated heterocycles. The largest absolute Gasteiger partial charge is 0.370 e. The van der Waals surface area contributed by atoms with Crippen LogP contribution in [0.25, 0.3) is 10.9 Å². The molecule has 96 valence electrons. The number of nitrogens with one attached hydrogen (secondary N) is 2. The number of H-pyrrole nitrogens is 1. The van der Waals surface area contributed by atoms with E-state index in [1.165, 1.54) is 18.2 Å². The van der Waals surface area contributed by atoms with Gasteiger partial charge in [0.2, 0.25) is 0 Å². The minimum absolute atomic E-state index is 0. The molecule has 0 aliphatic heterocycles. The van der Waals surface area contributed by atoms with Gasteiger partial charge in [-0.15, -0.1) is 12.4 Å². The van der Waals surface area contributed by atoms with E-state index < -0.39 is 5.91 Å². The number of nitrogens with two attached hydrogens (primary N) is 1. The van der Waals surface area contributed by atoms with E-state index in [0.29, 0.717) is 10.9 Å². The SMILES string of the molecule is CNC(N)=NC(=O)c1cc2cc(F)ccc2[nH]1.Cl. The summed E-state index contributed by atoms with van der Waals surface area (Å²) in [5.41, 5.74) is 6.32. The first-order valence-electron chi connectivity index (χ1n) is 4.94. The van der Waals surface area contributed by atoms with Crippen LogP contribution in [0.1, 0.15) is 10.5 Å². The molecule has 5 nitrogen and oxygen atoms in total. The number of carbonyl (C=O) groups excluding carboxylic acids is 1. The summed E-state index contributed by atoms with van der Waals surface area (Å²) in [6.45, 7) is 0. The normalized spacial score (nSPS) is 11.1. The fraction of sp³-hybridized carbons (Fsp3) is 0.0909. The molecule has 18 heavy (non-hydrogen) atoms. The maximum atomic E-state index is 13.0. The highest BCUT2D eigenvalue weighted by atomic mass is 35.5. The van der Waals surface area contributed by atoms with E-state index >= 15 is 0 Å². The number of carbonyl (C=O) groups is 1. The van der Waals surface area contributed by atoms with Gasteiger partial charge in [-0.05, 0) is 24.3 Å². The Morgan fingerprint density at radius 1 is 1.44 bits per heavy atom. The summed E-state index contributed by atoms with van der Waals surface area (Å²) in [5.74, 6) is -0.831. The zero-order valence-electron chi connectivity index (χ0n) is 9.53. The van der Waals surface area contributed by atoms with Crippen molar-refractivity contribution < 1.29 is 9.18 Å². The molecular weight excluding hydrogens is 259 g/mol. The van der Waals surface area contributed by atoms with Crippen molar-refractivity contribution >= 4 is 35.2 Å². The molecule has 0 spiro atoms. The van der Waals surface area contributed by atoms with Crippen molar-refractivity contribution in [3.05, 3.63) is 35.8 Å². The van der Waals surface area contributed by atoms with E-state index in [0.717, 1.165) is 0 Å². The number of aromatic nitrogens is 1. The lowest BCUT2D eigenvalue weighted by Gasteiger charge is -1.95. The number of hydrogen-bond acceptors (Lipinski definition) is 1. The third kappa shape index (κ3) is 2.78. The Bertz CT molecular complexity index is 608. The number of aliphatic imine (C=N–C) groups is 1. The highest BCUT2D eigenvalue weighted by molar-refractivity contribution is 6.03. The monoisotopic (exact) mass is 270 g/mol. The lowest BCUT2D eigenvalue weighted by atomic mass is 10.2. The molecule has 1 heterocycles. The van der Waals surface area contributed by atoms with Crippen LogP contribution in [0.15, 0.2) is 29.3 Å². The molecule has 2 aromatic rings. The van der Waals surface area contributed by atoms with Crippen LogP contribution in [0.3, 0.4) is 0 Å². The summed E-state index contributed by atoms with van der Waals surface area (Å²) in [5, 5.41) is 3.16. The molecule has 0 aliphatic carbocycles. The van der Waals surface area contributed by atoms with Crippen LogP contribution in [0.2, 0.25) is 0 Å². The van der Waals surface area contributed by atoms with Gasteiger partial charge in [0.1, 0.15) is 11.5 Å². The zero-order chi connectivity index (χ0) is 12.4. The van der Waals surface area contributed by atoms with Gasteiger partial charge in [0.25, 0.3) is 5.91 Å². The fourth-order valence-electron chi connectivity index (χ4n) is 1.44. The van der Waals surface area contributed by atoms with Crippen LogP contribution in [0.5, 0.6) is 0 Å². The highest BCUT2D eigenvalue weighted by Gasteiger charge is 2.09. The lowest BCUT2D eigenvalue weighted by molar-refractivity contribution is 0.0998. The third-order valence-electron chi connectivity index (χ3n) is 2.29. The molecule has 0 fully saturated rings. The van der Waals surface area contributed by atoms with Gasteiger partial charge in [0.15, 0.2) is 5.96 Å². The van der Waals surface area contributed by atoms with Crippen molar-refractivity contribution in [2.24, 2.45) is 10.7 Å². The fourth-order valence-corrected chi connectivity index (χ4v) is 1.44. The number of amides is 1. The Balaban J connectivity index is 0.00000162. The van der Waals surface area contributed by atoms with Gasteiger partial charge in [-0.25, -0.2) is 4.39 Å². The summed E-state index contributed by atoms with van der Waals surface area (Å²) in [6, 6.07) is 5.76. The summed E-state index contributed by atoms with van der Waals surface area (Å²) in [4.78, 5) is 18.1. The Labute approximate surface area is 109 Å². The van der Waals surface area contributed by atoms with E-state index in [-0.39, 0.29) is 29.9 Å². The van der Waals surface area contributed by atoms with Crippen molar-refractivity contribution in [1.29, 1.82) is 0 Å². The average molecular weight is 271 g/mol. The van der Waals surface area contributed by atoms with Crippen LogP contribution in [-0.2, 0) is 0 Å². The topological polar surface area (TPSA) is 83.3 Å². The van der Waals surface area contributed by atoms with Crippen LogP contribution < -0.4 is 11.1 Å². The van der Waals surface area contributed by atoms with Crippen molar-refractivity contribution in [1.82, 2.24) is 10.3 Å². The smallest absolute Gasteiger partial charge is 0.296 e. The van der Waals surface area contributed by atoms with Crippen molar-refractivity contribution in [3.63, 3.8) is 0 Å². The van der Waals surface area contributed by atoms with Crippen molar-refractivity contribution in [2.45, 2.75) is 0 Å². The van der Waals surface area contributed by atoms with E-state index in [9.17, 15) is 9.18 Å².